The summed E-state index contributed by atoms with van der Waals surface area (Å²) in [6.07, 6.45) is 1.33. The van der Waals surface area contributed by atoms with Crippen LogP contribution in [-0.4, -0.2) is 13.2 Å². The molecular formula is C13H26O. The first-order valence-corrected chi connectivity index (χ1v) is 5.79. The molecule has 0 radical (unpaired) electrons. The van der Waals surface area contributed by atoms with E-state index in [-0.39, 0.29) is 0 Å². The molecule has 1 nitrogen and oxygen atoms in total. The largest absolute Gasteiger partial charge is 0.381 e. The van der Waals surface area contributed by atoms with Crippen molar-refractivity contribution in [1.82, 2.24) is 0 Å². The standard InChI is InChI=1S/C13H26O/c1-12(2,3)10-7-11(9-14-8-10)13(4,5)6/h10-11H,7-9H2,1-6H3. The zero-order valence-electron chi connectivity index (χ0n) is 10.7. The Morgan fingerprint density at radius 3 is 1.43 bits per heavy atom. The minimum Gasteiger partial charge on any atom is -0.381 e. The molecule has 1 saturated heterocycles. The van der Waals surface area contributed by atoms with Gasteiger partial charge < -0.3 is 4.74 Å². The zero-order valence-corrected chi connectivity index (χ0v) is 10.7. The summed E-state index contributed by atoms with van der Waals surface area (Å²) in [5.74, 6) is 1.45. The first-order valence-electron chi connectivity index (χ1n) is 5.79. The summed E-state index contributed by atoms with van der Waals surface area (Å²) in [7, 11) is 0. The molecule has 84 valence electrons. The van der Waals surface area contributed by atoms with Gasteiger partial charge in [-0.25, -0.2) is 0 Å². The van der Waals surface area contributed by atoms with E-state index >= 15 is 0 Å². The summed E-state index contributed by atoms with van der Waals surface area (Å²) < 4.78 is 5.75. The highest BCUT2D eigenvalue weighted by molar-refractivity contribution is 4.84. The molecule has 0 aromatic carbocycles. The lowest BCUT2D eigenvalue weighted by Crippen LogP contribution is -2.38. The maximum Gasteiger partial charge on any atom is 0.0499 e. The molecule has 1 fully saturated rings. The lowest BCUT2D eigenvalue weighted by molar-refractivity contribution is -0.0544. The van der Waals surface area contributed by atoms with Crippen LogP contribution in [0.3, 0.4) is 0 Å². The predicted octanol–water partition coefficient (Wildman–Crippen LogP) is 3.73. The maximum atomic E-state index is 5.75. The third-order valence-electron chi connectivity index (χ3n) is 3.66. The van der Waals surface area contributed by atoms with E-state index in [0.29, 0.717) is 10.8 Å². The molecule has 0 aliphatic carbocycles. The first kappa shape index (κ1) is 12.0. The first-order chi connectivity index (χ1) is 6.21. The molecular weight excluding hydrogens is 172 g/mol. The molecule has 1 heteroatoms. The van der Waals surface area contributed by atoms with Crippen LogP contribution in [0.25, 0.3) is 0 Å². The van der Waals surface area contributed by atoms with Crippen LogP contribution < -0.4 is 0 Å². The number of hydrogen-bond donors (Lipinski definition) is 0. The minimum atomic E-state index is 0.393. The van der Waals surface area contributed by atoms with Gasteiger partial charge in [-0.2, -0.15) is 0 Å². The van der Waals surface area contributed by atoms with Crippen LogP contribution in [0.1, 0.15) is 48.0 Å². The quantitative estimate of drug-likeness (QED) is 0.576. The van der Waals surface area contributed by atoms with Crippen LogP contribution in [-0.2, 0) is 4.74 Å². The van der Waals surface area contributed by atoms with Gasteiger partial charge >= 0.3 is 0 Å². The lowest BCUT2D eigenvalue weighted by Gasteiger charge is -2.42. The van der Waals surface area contributed by atoms with Gasteiger partial charge in [0.25, 0.3) is 0 Å². The van der Waals surface area contributed by atoms with Crippen molar-refractivity contribution in [2.45, 2.75) is 48.0 Å². The van der Waals surface area contributed by atoms with Crippen molar-refractivity contribution >= 4 is 0 Å². The van der Waals surface area contributed by atoms with Gasteiger partial charge in [-0.1, -0.05) is 41.5 Å². The van der Waals surface area contributed by atoms with Crippen LogP contribution in [0, 0.1) is 22.7 Å². The molecule has 1 heterocycles. The van der Waals surface area contributed by atoms with Crippen LogP contribution in [0.5, 0.6) is 0 Å². The van der Waals surface area contributed by atoms with E-state index in [4.69, 9.17) is 4.74 Å². The van der Waals surface area contributed by atoms with Crippen molar-refractivity contribution < 1.29 is 4.74 Å². The highest BCUT2D eigenvalue weighted by atomic mass is 16.5. The Hall–Kier alpha value is -0.0400. The molecule has 0 bridgehead atoms. The maximum absolute atomic E-state index is 5.75. The van der Waals surface area contributed by atoms with Crippen molar-refractivity contribution in [2.75, 3.05) is 13.2 Å². The van der Waals surface area contributed by atoms with Gasteiger partial charge in [0, 0.05) is 13.2 Å². The normalized spacial score (nSPS) is 30.4. The van der Waals surface area contributed by atoms with Crippen molar-refractivity contribution in [2.24, 2.45) is 22.7 Å². The molecule has 1 aliphatic heterocycles. The average molecular weight is 198 g/mol. The summed E-state index contributed by atoms with van der Waals surface area (Å²) >= 11 is 0. The second kappa shape index (κ2) is 3.84. The van der Waals surface area contributed by atoms with Gasteiger partial charge in [-0.05, 0) is 29.1 Å². The second-order valence-corrected chi connectivity index (χ2v) is 6.90. The van der Waals surface area contributed by atoms with E-state index in [0.717, 1.165) is 25.0 Å². The molecule has 1 aliphatic rings. The predicted molar refractivity (Wildman–Crippen MR) is 61.3 cm³/mol. The molecule has 0 aromatic rings. The molecule has 2 unspecified atom stereocenters. The van der Waals surface area contributed by atoms with Gasteiger partial charge in [-0.3, -0.25) is 0 Å². The Kier molecular flexibility index (Phi) is 3.30. The fraction of sp³-hybridized carbons (Fsp3) is 1.00. The molecule has 14 heavy (non-hydrogen) atoms. The van der Waals surface area contributed by atoms with E-state index in [1.807, 2.05) is 0 Å². The van der Waals surface area contributed by atoms with Crippen molar-refractivity contribution in [3.8, 4) is 0 Å². The van der Waals surface area contributed by atoms with E-state index in [2.05, 4.69) is 41.5 Å². The van der Waals surface area contributed by atoms with Crippen molar-refractivity contribution in [3.05, 3.63) is 0 Å². The van der Waals surface area contributed by atoms with E-state index in [1.165, 1.54) is 6.42 Å². The second-order valence-electron chi connectivity index (χ2n) is 6.90. The van der Waals surface area contributed by atoms with Crippen molar-refractivity contribution in [3.63, 3.8) is 0 Å². The Morgan fingerprint density at radius 1 is 0.786 bits per heavy atom. The van der Waals surface area contributed by atoms with E-state index < -0.39 is 0 Å². The minimum absolute atomic E-state index is 0.393. The average Bonchev–Trinajstić information content (AvgIpc) is 2.01. The van der Waals surface area contributed by atoms with Gasteiger partial charge in [0.2, 0.25) is 0 Å². The molecule has 0 aromatic heterocycles. The Labute approximate surface area is 89.2 Å². The Morgan fingerprint density at radius 2 is 1.14 bits per heavy atom. The van der Waals surface area contributed by atoms with E-state index in [1.54, 1.807) is 0 Å². The summed E-state index contributed by atoms with van der Waals surface area (Å²) in [5, 5.41) is 0. The van der Waals surface area contributed by atoms with Crippen LogP contribution in [0.4, 0.5) is 0 Å². The SMILES string of the molecule is CC(C)(C)C1COCC(C(C)(C)C)C1. The monoisotopic (exact) mass is 198 g/mol. The molecule has 0 spiro atoms. The number of hydrogen-bond acceptors (Lipinski definition) is 1. The summed E-state index contributed by atoms with van der Waals surface area (Å²) in [4.78, 5) is 0. The molecule has 0 saturated carbocycles. The third kappa shape index (κ3) is 2.98. The fourth-order valence-electron chi connectivity index (χ4n) is 2.04. The Balaban J connectivity index is 2.61. The summed E-state index contributed by atoms with van der Waals surface area (Å²) in [6, 6.07) is 0. The van der Waals surface area contributed by atoms with Crippen molar-refractivity contribution in [1.29, 1.82) is 0 Å². The zero-order chi connectivity index (χ0) is 11.0. The molecule has 0 amide bonds. The topological polar surface area (TPSA) is 9.23 Å². The molecule has 0 N–H and O–H groups in total. The molecule has 1 rings (SSSR count). The van der Waals surface area contributed by atoms with Gasteiger partial charge in [0.05, 0.1) is 0 Å². The number of rotatable bonds is 0. The lowest BCUT2D eigenvalue weighted by atomic mass is 9.69. The summed E-state index contributed by atoms with van der Waals surface area (Å²) in [6.45, 7) is 15.9. The van der Waals surface area contributed by atoms with Gasteiger partial charge in [0.15, 0.2) is 0 Å². The van der Waals surface area contributed by atoms with Crippen LogP contribution in [0.15, 0.2) is 0 Å². The van der Waals surface area contributed by atoms with Crippen LogP contribution in [0.2, 0.25) is 0 Å². The summed E-state index contributed by atoms with van der Waals surface area (Å²) in [5.41, 5.74) is 0.786. The smallest absolute Gasteiger partial charge is 0.0499 e. The third-order valence-corrected chi connectivity index (χ3v) is 3.66. The Bertz CT molecular complexity index is 162. The van der Waals surface area contributed by atoms with Gasteiger partial charge in [0.1, 0.15) is 0 Å². The van der Waals surface area contributed by atoms with E-state index in [9.17, 15) is 0 Å². The van der Waals surface area contributed by atoms with Crippen LogP contribution >= 0.6 is 0 Å². The highest BCUT2D eigenvalue weighted by Gasteiger charge is 2.36. The molecule has 2 atom stereocenters. The number of ether oxygens (including phenoxy) is 1. The highest BCUT2D eigenvalue weighted by Crippen LogP contribution is 2.40. The van der Waals surface area contributed by atoms with Gasteiger partial charge in [-0.15, -0.1) is 0 Å². The fourth-order valence-corrected chi connectivity index (χ4v) is 2.04.